The predicted molar refractivity (Wildman–Crippen MR) is 102 cm³/mol. The lowest BCUT2D eigenvalue weighted by Gasteiger charge is -2.15. The van der Waals surface area contributed by atoms with Crippen molar-refractivity contribution in [3.8, 4) is 5.75 Å². The van der Waals surface area contributed by atoms with E-state index < -0.39 is 48.6 Å². The van der Waals surface area contributed by atoms with Gasteiger partial charge in [0.2, 0.25) is 5.82 Å². The summed E-state index contributed by atoms with van der Waals surface area (Å²) < 4.78 is 85.8. The Bertz CT molecular complexity index is 1160. The Morgan fingerprint density at radius 2 is 1.67 bits per heavy atom. The van der Waals surface area contributed by atoms with Gasteiger partial charge < -0.3 is 19.4 Å². The number of anilines is 1. The van der Waals surface area contributed by atoms with Gasteiger partial charge in [-0.1, -0.05) is 12.1 Å². The molecule has 33 heavy (non-hydrogen) atoms. The van der Waals surface area contributed by atoms with E-state index in [1.54, 1.807) is 0 Å². The minimum atomic E-state index is -4.87. The van der Waals surface area contributed by atoms with Gasteiger partial charge in [-0.2, -0.15) is 13.2 Å². The summed E-state index contributed by atoms with van der Waals surface area (Å²) in [5, 5.41) is 2.31. The molecule has 0 bridgehead atoms. The van der Waals surface area contributed by atoms with Crippen LogP contribution in [-0.4, -0.2) is 33.9 Å². The fourth-order valence-corrected chi connectivity index (χ4v) is 2.85. The van der Waals surface area contributed by atoms with Gasteiger partial charge in [0.25, 0.3) is 5.91 Å². The van der Waals surface area contributed by atoms with Crippen LogP contribution < -0.4 is 10.1 Å². The van der Waals surface area contributed by atoms with Crippen LogP contribution in [-0.2, 0) is 27.0 Å². The van der Waals surface area contributed by atoms with Crippen LogP contribution in [0.5, 0.6) is 5.75 Å². The molecule has 0 saturated carbocycles. The SMILES string of the molecule is CC(OC(=O)Cn1c(C(F)(F)F)nc2ccccc21)C(=O)Nc1ccc(OC(F)(F)F)cc1. The number of carbonyl (C=O) groups excluding carboxylic acids is 2. The van der Waals surface area contributed by atoms with E-state index in [9.17, 15) is 35.9 Å². The number of esters is 1. The average molecular weight is 475 g/mol. The van der Waals surface area contributed by atoms with Crippen molar-refractivity contribution in [3.05, 3.63) is 54.4 Å². The second kappa shape index (κ2) is 9.00. The quantitative estimate of drug-likeness (QED) is 0.419. The third-order valence-corrected chi connectivity index (χ3v) is 4.23. The van der Waals surface area contributed by atoms with Gasteiger partial charge in [0.05, 0.1) is 11.0 Å². The van der Waals surface area contributed by atoms with Crippen molar-refractivity contribution in [3.63, 3.8) is 0 Å². The molecule has 1 N–H and O–H groups in total. The van der Waals surface area contributed by atoms with Gasteiger partial charge in [-0.25, -0.2) is 4.98 Å². The normalized spacial score (nSPS) is 12.9. The number of halogens is 6. The van der Waals surface area contributed by atoms with Crippen molar-refractivity contribution >= 4 is 28.6 Å². The molecule has 1 atom stereocenters. The number of nitrogens with one attached hydrogen (secondary N) is 1. The lowest BCUT2D eigenvalue weighted by Crippen LogP contribution is -2.31. The van der Waals surface area contributed by atoms with E-state index in [4.69, 9.17) is 4.74 Å². The van der Waals surface area contributed by atoms with Crippen LogP contribution >= 0.6 is 0 Å². The summed E-state index contributed by atoms with van der Waals surface area (Å²) in [6, 6.07) is 9.85. The van der Waals surface area contributed by atoms with Crippen LogP contribution in [0.1, 0.15) is 12.7 Å². The Kier molecular flexibility index (Phi) is 6.51. The number of amides is 1. The highest BCUT2D eigenvalue weighted by atomic mass is 19.4. The molecule has 1 amide bonds. The number of nitrogens with zero attached hydrogens (tertiary/aromatic N) is 2. The van der Waals surface area contributed by atoms with Crippen LogP contribution in [0.2, 0.25) is 0 Å². The molecule has 13 heteroatoms. The van der Waals surface area contributed by atoms with E-state index in [0.29, 0.717) is 4.57 Å². The lowest BCUT2D eigenvalue weighted by molar-refractivity contribution is -0.274. The maximum absolute atomic E-state index is 13.3. The molecule has 7 nitrogen and oxygen atoms in total. The van der Waals surface area contributed by atoms with Crippen LogP contribution in [0, 0.1) is 0 Å². The summed E-state index contributed by atoms with van der Waals surface area (Å²) in [6.07, 6.45) is -11.1. The lowest BCUT2D eigenvalue weighted by atomic mass is 10.3. The first-order chi connectivity index (χ1) is 15.3. The zero-order chi connectivity index (χ0) is 24.4. The second-order valence-corrected chi connectivity index (χ2v) is 6.70. The van der Waals surface area contributed by atoms with Crippen LogP contribution in [0.4, 0.5) is 32.0 Å². The van der Waals surface area contributed by atoms with E-state index in [-0.39, 0.29) is 16.7 Å². The molecule has 0 aliphatic heterocycles. The third kappa shape index (κ3) is 6.14. The van der Waals surface area contributed by atoms with Gasteiger partial charge in [0.15, 0.2) is 6.10 Å². The number of carbonyl (C=O) groups is 2. The van der Waals surface area contributed by atoms with Crippen molar-refractivity contribution in [2.45, 2.75) is 32.1 Å². The minimum absolute atomic E-state index is 0.0290. The molecule has 1 unspecified atom stereocenters. The van der Waals surface area contributed by atoms with Gasteiger partial charge in [0.1, 0.15) is 12.3 Å². The molecule has 0 aliphatic rings. The zero-order valence-electron chi connectivity index (χ0n) is 16.7. The summed E-state index contributed by atoms with van der Waals surface area (Å²) in [6.45, 7) is 0.335. The van der Waals surface area contributed by atoms with Gasteiger partial charge >= 0.3 is 18.5 Å². The summed E-state index contributed by atoms with van der Waals surface area (Å²) in [4.78, 5) is 27.9. The van der Waals surface area contributed by atoms with E-state index in [1.165, 1.54) is 31.2 Å². The first-order valence-electron chi connectivity index (χ1n) is 9.22. The smallest absolute Gasteiger partial charge is 0.451 e. The Morgan fingerprint density at radius 1 is 1.03 bits per heavy atom. The second-order valence-electron chi connectivity index (χ2n) is 6.70. The standard InChI is InChI=1S/C20H15F6N3O4/c1-11(17(31)27-12-6-8-13(9-7-12)33-20(24,25)26)32-16(30)10-29-15-5-3-2-4-14(15)28-18(29)19(21,22)23/h2-9,11H,10H2,1H3,(H,27,31). The Balaban J connectivity index is 1.65. The minimum Gasteiger partial charge on any atom is -0.451 e. The predicted octanol–water partition coefficient (Wildman–Crippen LogP) is 4.52. The Labute approximate surface area is 181 Å². The number of hydrogen-bond acceptors (Lipinski definition) is 5. The molecule has 0 saturated heterocycles. The van der Waals surface area contributed by atoms with E-state index in [1.807, 2.05) is 0 Å². The fraction of sp³-hybridized carbons (Fsp3) is 0.250. The molecule has 1 aromatic heterocycles. The number of alkyl halides is 6. The maximum Gasteiger partial charge on any atom is 0.573 e. The van der Waals surface area contributed by atoms with Gasteiger partial charge in [0, 0.05) is 5.69 Å². The van der Waals surface area contributed by atoms with Crippen LogP contribution in [0.15, 0.2) is 48.5 Å². The highest BCUT2D eigenvalue weighted by Crippen LogP contribution is 2.31. The molecular weight excluding hydrogens is 460 g/mol. The summed E-state index contributed by atoms with van der Waals surface area (Å²) in [5.41, 5.74) is 0.166. The first kappa shape index (κ1) is 23.9. The number of imidazole rings is 1. The van der Waals surface area contributed by atoms with E-state index in [0.717, 1.165) is 24.3 Å². The average Bonchev–Trinajstić information content (AvgIpc) is 3.07. The molecule has 1 heterocycles. The molecule has 0 spiro atoms. The number of benzene rings is 2. The maximum atomic E-state index is 13.3. The fourth-order valence-electron chi connectivity index (χ4n) is 2.85. The van der Waals surface area contributed by atoms with Gasteiger partial charge in [-0.3, -0.25) is 9.59 Å². The Morgan fingerprint density at radius 3 is 2.27 bits per heavy atom. The molecule has 3 rings (SSSR count). The monoisotopic (exact) mass is 475 g/mol. The summed E-state index contributed by atoms with van der Waals surface area (Å²) >= 11 is 0. The van der Waals surface area contributed by atoms with Crippen LogP contribution in [0.25, 0.3) is 11.0 Å². The number of ether oxygens (including phenoxy) is 2. The number of fused-ring (bicyclic) bond motifs is 1. The van der Waals surface area contributed by atoms with Gasteiger partial charge in [-0.05, 0) is 43.3 Å². The Hall–Kier alpha value is -3.77. The van der Waals surface area contributed by atoms with Crippen molar-refractivity contribution < 1.29 is 45.4 Å². The molecule has 0 fully saturated rings. The number of rotatable bonds is 6. The third-order valence-electron chi connectivity index (χ3n) is 4.23. The van der Waals surface area contributed by atoms with Crippen LogP contribution in [0.3, 0.4) is 0 Å². The zero-order valence-corrected chi connectivity index (χ0v) is 16.7. The molecule has 0 aliphatic carbocycles. The number of hydrogen-bond donors (Lipinski definition) is 1. The largest absolute Gasteiger partial charge is 0.573 e. The van der Waals surface area contributed by atoms with Crippen molar-refractivity contribution in [1.29, 1.82) is 0 Å². The molecule has 3 aromatic rings. The molecule has 0 radical (unpaired) electrons. The van der Waals surface area contributed by atoms with E-state index >= 15 is 0 Å². The molecule has 176 valence electrons. The summed E-state index contributed by atoms with van der Waals surface area (Å²) in [5.74, 6) is -3.77. The first-order valence-corrected chi connectivity index (χ1v) is 9.22. The van der Waals surface area contributed by atoms with E-state index in [2.05, 4.69) is 15.0 Å². The topological polar surface area (TPSA) is 82.5 Å². The highest BCUT2D eigenvalue weighted by molar-refractivity contribution is 5.95. The van der Waals surface area contributed by atoms with Gasteiger partial charge in [-0.15, -0.1) is 13.2 Å². The molecular formula is C20H15F6N3O4. The number of aromatic nitrogens is 2. The number of para-hydroxylation sites is 2. The van der Waals surface area contributed by atoms with Crippen molar-refractivity contribution in [2.24, 2.45) is 0 Å². The summed E-state index contributed by atoms with van der Waals surface area (Å²) in [7, 11) is 0. The molecule has 2 aromatic carbocycles. The van der Waals surface area contributed by atoms with Crippen molar-refractivity contribution in [2.75, 3.05) is 5.32 Å². The van der Waals surface area contributed by atoms with Crippen molar-refractivity contribution in [1.82, 2.24) is 9.55 Å². The highest BCUT2D eigenvalue weighted by Gasteiger charge is 2.38.